The Hall–Kier alpha value is -1.85. The van der Waals surface area contributed by atoms with Crippen LogP contribution in [0.25, 0.3) is 0 Å². The topological polar surface area (TPSA) is 81.3 Å². The fourth-order valence-electron chi connectivity index (χ4n) is 2.74. The van der Waals surface area contributed by atoms with Gasteiger partial charge in [-0.05, 0) is 46.5 Å². The molecule has 1 unspecified atom stereocenters. The molecule has 1 aliphatic rings. The first kappa shape index (κ1) is 16.5. The molecule has 1 aliphatic carbocycles. The van der Waals surface area contributed by atoms with Crippen LogP contribution in [-0.2, 0) is 27.1 Å². The summed E-state index contributed by atoms with van der Waals surface area (Å²) in [6.07, 6.45) is 1.13. The maximum absolute atomic E-state index is 12.4. The zero-order chi connectivity index (χ0) is 16.5. The van der Waals surface area contributed by atoms with Crippen molar-refractivity contribution in [3.8, 4) is 0 Å². The average molecular weight is 308 g/mol. The van der Waals surface area contributed by atoms with Gasteiger partial charge in [0.05, 0.1) is 12.5 Å². The van der Waals surface area contributed by atoms with Crippen molar-refractivity contribution in [2.45, 2.75) is 53.1 Å². The van der Waals surface area contributed by atoms with Crippen LogP contribution in [0.4, 0.5) is 0 Å². The molecule has 2 atom stereocenters. The smallest absolute Gasteiger partial charge is 0.359 e. The molecule has 1 aromatic heterocycles. The molecule has 0 spiro atoms. The first-order valence-corrected chi connectivity index (χ1v) is 7.69. The lowest BCUT2D eigenvalue weighted by Crippen LogP contribution is -2.36. The first-order chi connectivity index (χ1) is 10.2. The van der Waals surface area contributed by atoms with E-state index < -0.39 is 11.6 Å². The Balaban J connectivity index is 2.22. The van der Waals surface area contributed by atoms with Gasteiger partial charge in [0.25, 0.3) is 0 Å². The first-order valence-electron chi connectivity index (χ1n) is 7.69. The van der Waals surface area contributed by atoms with Gasteiger partial charge in [0.2, 0.25) is 0 Å². The number of hydrogen-bond acceptors (Lipinski definition) is 5. The van der Waals surface area contributed by atoms with Crippen LogP contribution in [0.5, 0.6) is 0 Å². The summed E-state index contributed by atoms with van der Waals surface area (Å²) in [4.78, 5) is 24.3. The second-order valence-electron chi connectivity index (χ2n) is 6.78. The van der Waals surface area contributed by atoms with Gasteiger partial charge in [-0.2, -0.15) is 5.10 Å². The number of esters is 2. The van der Waals surface area contributed by atoms with E-state index in [1.54, 1.807) is 6.92 Å². The monoisotopic (exact) mass is 308 g/mol. The van der Waals surface area contributed by atoms with E-state index in [2.05, 4.69) is 10.2 Å². The number of carbonyl (C=O) groups excluding carboxylic acids is 2. The summed E-state index contributed by atoms with van der Waals surface area (Å²) in [7, 11) is 0. The molecule has 0 bridgehead atoms. The molecule has 0 amide bonds. The maximum Gasteiger partial charge on any atom is 0.359 e. The highest BCUT2D eigenvalue weighted by molar-refractivity contribution is 5.89. The lowest BCUT2D eigenvalue weighted by molar-refractivity contribution is -0.162. The molecule has 122 valence electrons. The highest BCUT2D eigenvalue weighted by Gasteiger charge is 2.37. The number of aromatic amines is 1. The molecule has 0 aromatic carbocycles. The third-order valence-electron chi connectivity index (χ3n) is 3.77. The largest absolute Gasteiger partial charge is 0.461 e. The molecule has 22 heavy (non-hydrogen) atoms. The van der Waals surface area contributed by atoms with Crippen molar-refractivity contribution in [1.29, 1.82) is 0 Å². The van der Waals surface area contributed by atoms with Gasteiger partial charge in [0.1, 0.15) is 5.60 Å². The molecular formula is C16H24N2O4. The molecule has 1 N–H and O–H groups in total. The minimum atomic E-state index is -0.516. The quantitative estimate of drug-likeness (QED) is 0.866. The van der Waals surface area contributed by atoms with Gasteiger partial charge in [-0.1, -0.05) is 6.92 Å². The van der Waals surface area contributed by atoms with Crippen molar-refractivity contribution >= 4 is 11.9 Å². The van der Waals surface area contributed by atoms with Crippen LogP contribution >= 0.6 is 0 Å². The van der Waals surface area contributed by atoms with Crippen molar-refractivity contribution in [3.05, 3.63) is 17.0 Å². The number of ether oxygens (including phenoxy) is 2. The highest BCUT2D eigenvalue weighted by atomic mass is 16.6. The van der Waals surface area contributed by atoms with Crippen LogP contribution in [0.2, 0.25) is 0 Å². The number of hydrogen-bond donors (Lipinski definition) is 1. The van der Waals surface area contributed by atoms with Gasteiger partial charge in [0, 0.05) is 11.3 Å². The molecule has 1 aromatic rings. The third-order valence-corrected chi connectivity index (χ3v) is 3.77. The maximum atomic E-state index is 12.4. The van der Waals surface area contributed by atoms with Crippen LogP contribution in [0, 0.1) is 11.8 Å². The van der Waals surface area contributed by atoms with E-state index in [1.165, 1.54) is 0 Å². The third kappa shape index (κ3) is 3.48. The van der Waals surface area contributed by atoms with E-state index in [-0.39, 0.29) is 23.5 Å². The summed E-state index contributed by atoms with van der Waals surface area (Å²) in [6, 6.07) is 0. The van der Waals surface area contributed by atoms with E-state index in [0.717, 1.165) is 11.3 Å². The van der Waals surface area contributed by atoms with Crippen molar-refractivity contribution in [2.24, 2.45) is 11.8 Å². The number of H-pyrrole nitrogens is 1. The van der Waals surface area contributed by atoms with E-state index >= 15 is 0 Å². The lowest BCUT2D eigenvalue weighted by atomic mass is 9.78. The molecule has 0 fully saturated rings. The Morgan fingerprint density at radius 2 is 2.00 bits per heavy atom. The fourth-order valence-corrected chi connectivity index (χ4v) is 2.74. The average Bonchev–Trinajstić information content (AvgIpc) is 2.78. The van der Waals surface area contributed by atoms with Crippen LogP contribution in [-0.4, -0.2) is 34.3 Å². The van der Waals surface area contributed by atoms with Crippen LogP contribution in [0.15, 0.2) is 0 Å². The number of carbonyl (C=O) groups is 2. The van der Waals surface area contributed by atoms with Crippen LogP contribution in [0.1, 0.15) is 56.4 Å². The number of fused-ring (bicyclic) bond motifs is 1. The summed E-state index contributed by atoms with van der Waals surface area (Å²) >= 11 is 0. The SMILES string of the molecule is CCOC(=O)c1n[nH]c2c1CC(C(=O)OC(C)(C)C)[C@H](C)C2. The molecule has 0 aliphatic heterocycles. The van der Waals surface area contributed by atoms with Gasteiger partial charge in [0.15, 0.2) is 5.69 Å². The number of nitrogens with one attached hydrogen (secondary N) is 1. The van der Waals surface area contributed by atoms with Gasteiger partial charge in [-0.3, -0.25) is 9.89 Å². The predicted molar refractivity (Wildman–Crippen MR) is 80.5 cm³/mol. The van der Waals surface area contributed by atoms with Gasteiger partial charge in [-0.15, -0.1) is 0 Å². The fraction of sp³-hybridized carbons (Fsp3) is 0.688. The lowest BCUT2D eigenvalue weighted by Gasteiger charge is -2.30. The molecule has 2 rings (SSSR count). The summed E-state index contributed by atoms with van der Waals surface area (Å²) in [5.41, 5.74) is 1.47. The summed E-state index contributed by atoms with van der Waals surface area (Å²) < 4.78 is 10.5. The second kappa shape index (κ2) is 6.10. The van der Waals surface area contributed by atoms with Gasteiger partial charge in [-0.25, -0.2) is 4.79 Å². The van der Waals surface area contributed by atoms with E-state index in [1.807, 2.05) is 27.7 Å². The van der Waals surface area contributed by atoms with E-state index in [9.17, 15) is 9.59 Å². The molecule has 6 nitrogen and oxygen atoms in total. The van der Waals surface area contributed by atoms with E-state index in [4.69, 9.17) is 9.47 Å². The van der Waals surface area contributed by atoms with Gasteiger partial charge < -0.3 is 9.47 Å². The molecule has 6 heteroatoms. The Bertz CT molecular complexity index is 571. The number of aromatic nitrogens is 2. The molecule has 1 heterocycles. The number of rotatable bonds is 3. The van der Waals surface area contributed by atoms with Crippen molar-refractivity contribution in [1.82, 2.24) is 10.2 Å². The molecule has 0 radical (unpaired) electrons. The molecule has 0 saturated carbocycles. The Morgan fingerprint density at radius 3 is 2.59 bits per heavy atom. The standard InChI is InChI=1S/C16H24N2O4/c1-6-21-15(20)13-11-8-10(14(19)22-16(3,4)5)9(2)7-12(11)17-18-13/h9-10H,6-8H2,1-5H3,(H,17,18)/t9-,10?/m1/s1. The summed E-state index contributed by atoms with van der Waals surface area (Å²) in [5.74, 6) is -0.797. The highest BCUT2D eigenvalue weighted by Crippen LogP contribution is 2.32. The normalized spacial score (nSPS) is 21.1. The molecular weight excluding hydrogens is 284 g/mol. The Kier molecular flexibility index (Phi) is 4.58. The predicted octanol–water partition coefficient (Wildman–Crippen LogP) is 2.28. The summed E-state index contributed by atoms with van der Waals surface area (Å²) in [5, 5.41) is 6.97. The Labute approximate surface area is 130 Å². The minimum Gasteiger partial charge on any atom is -0.461 e. The van der Waals surface area contributed by atoms with Crippen molar-refractivity contribution in [3.63, 3.8) is 0 Å². The Morgan fingerprint density at radius 1 is 1.32 bits per heavy atom. The van der Waals surface area contributed by atoms with Crippen molar-refractivity contribution < 1.29 is 19.1 Å². The van der Waals surface area contributed by atoms with Crippen molar-refractivity contribution in [2.75, 3.05) is 6.61 Å². The minimum absolute atomic E-state index is 0.137. The zero-order valence-corrected chi connectivity index (χ0v) is 13.9. The van der Waals surface area contributed by atoms with Gasteiger partial charge >= 0.3 is 11.9 Å². The molecule has 0 saturated heterocycles. The number of nitrogens with zero attached hydrogens (tertiary/aromatic N) is 1. The van der Waals surface area contributed by atoms with Crippen LogP contribution in [0.3, 0.4) is 0 Å². The summed E-state index contributed by atoms with van der Waals surface area (Å²) in [6.45, 7) is 9.63. The van der Waals surface area contributed by atoms with E-state index in [0.29, 0.717) is 19.4 Å². The van der Waals surface area contributed by atoms with Crippen LogP contribution < -0.4 is 0 Å². The zero-order valence-electron chi connectivity index (χ0n) is 13.9. The second-order valence-corrected chi connectivity index (χ2v) is 6.78.